The molecule has 0 radical (unpaired) electrons. The molecule has 0 aliphatic rings. The second kappa shape index (κ2) is 8.67. The summed E-state index contributed by atoms with van der Waals surface area (Å²) < 4.78 is 7.01. The minimum atomic E-state index is -0.856. The normalized spacial score (nSPS) is 10.8. The Morgan fingerprint density at radius 3 is 2.44 bits per heavy atom. The second-order valence-electron chi connectivity index (χ2n) is 7.62. The molecular formula is C25H21N5O4. The number of benzene rings is 2. The highest BCUT2D eigenvalue weighted by Gasteiger charge is 2.29. The van der Waals surface area contributed by atoms with E-state index in [1.54, 1.807) is 49.4 Å². The van der Waals surface area contributed by atoms with Crippen molar-refractivity contribution >= 4 is 22.7 Å². The average molecular weight is 455 g/mol. The molecule has 2 N–H and O–H groups in total. The maximum Gasteiger partial charge on any atom is 0.342 e. The molecule has 0 amide bonds. The second-order valence-corrected chi connectivity index (χ2v) is 7.62. The standard InChI is InChI=1S/C25H21N5O4/c1-4-34-25(33)21-20(16-8-6-5-7-9-16)18(13-26)24(32)30(22(21)27)29-15(3)28-19-11-10-14(2)12-17(19)23(29)31/h5-12H,4,27H2,1-3H3. The lowest BCUT2D eigenvalue weighted by molar-refractivity contribution is 0.0527. The summed E-state index contributed by atoms with van der Waals surface area (Å²) in [6.07, 6.45) is 0. The van der Waals surface area contributed by atoms with Gasteiger partial charge in [-0.1, -0.05) is 42.0 Å². The molecule has 4 aromatic rings. The lowest BCUT2D eigenvalue weighted by Crippen LogP contribution is -2.40. The number of ether oxygens (including phenoxy) is 1. The molecule has 170 valence electrons. The minimum absolute atomic E-state index is 0.0449. The van der Waals surface area contributed by atoms with Gasteiger partial charge in [0.25, 0.3) is 11.1 Å². The molecule has 9 heteroatoms. The van der Waals surface area contributed by atoms with Crippen molar-refractivity contribution in [2.75, 3.05) is 12.3 Å². The molecule has 34 heavy (non-hydrogen) atoms. The van der Waals surface area contributed by atoms with E-state index in [0.29, 0.717) is 11.1 Å². The smallest absolute Gasteiger partial charge is 0.342 e. The Labute approximate surface area is 194 Å². The number of nitriles is 1. The van der Waals surface area contributed by atoms with Crippen molar-refractivity contribution in [1.29, 1.82) is 5.26 Å². The van der Waals surface area contributed by atoms with Gasteiger partial charge in [0, 0.05) is 5.56 Å². The molecule has 0 bridgehead atoms. The van der Waals surface area contributed by atoms with Crippen LogP contribution >= 0.6 is 0 Å². The summed E-state index contributed by atoms with van der Waals surface area (Å²) in [4.78, 5) is 44.5. The molecular weight excluding hydrogens is 434 g/mol. The first-order chi connectivity index (χ1) is 16.3. The van der Waals surface area contributed by atoms with Gasteiger partial charge in [-0.15, -0.1) is 0 Å². The van der Waals surface area contributed by atoms with E-state index in [4.69, 9.17) is 10.5 Å². The van der Waals surface area contributed by atoms with Crippen LogP contribution in [0.2, 0.25) is 0 Å². The Kier molecular flexibility index (Phi) is 5.73. The Bertz CT molecular complexity index is 1610. The van der Waals surface area contributed by atoms with Crippen LogP contribution in [0.25, 0.3) is 22.0 Å². The van der Waals surface area contributed by atoms with E-state index in [9.17, 15) is 19.6 Å². The lowest BCUT2D eigenvalue weighted by Gasteiger charge is -2.20. The van der Waals surface area contributed by atoms with E-state index in [0.717, 1.165) is 14.9 Å². The van der Waals surface area contributed by atoms with Crippen LogP contribution in [0.4, 0.5) is 5.82 Å². The molecule has 4 rings (SSSR count). The van der Waals surface area contributed by atoms with Crippen molar-refractivity contribution in [2.45, 2.75) is 20.8 Å². The summed E-state index contributed by atoms with van der Waals surface area (Å²) in [6, 6.07) is 15.5. The number of fused-ring (bicyclic) bond motifs is 1. The number of hydrogen-bond acceptors (Lipinski definition) is 7. The summed E-state index contributed by atoms with van der Waals surface area (Å²) in [6.45, 7) is 5.03. The number of hydrogen-bond donors (Lipinski definition) is 1. The van der Waals surface area contributed by atoms with Gasteiger partial charge < -0.3 is 10.5 Å². The van der Waals surface area contributed by atoms with Crippen molar-refractivity contribution in [3.63, 3.8) is 0 Å². The molecule has 2 aromatic carbocycles. The number of aromatic nitrogens is 3. The highest BCUT2D eigenvalue weighted by molar-refractivity contribution is 6.03. The molecule has 0 saturated heterocycles. The summed E-state index contributed by atoms with van der Waals surface area (Å²) in [5.41, 5.74) is 6.20. The molecule has 0 atom stereocenters. The number of pyridine rings is 1. The van der Waals surface area contributed by atoms with E-state index in [1.807, 2.05) is 19.1 Å². The van der Waals surface area contributed by atoms with Crippen LogP contribution in [0, 0.1) is 25.2 Å². The Hall–Kier alpha value is -4.71. The van der Waals surface area contributed by atoms with Crippen LogP contribution in [0.3, 0.4) is 0 Å². The fourth-order valence-corrected chi connectivity index (χ4v) is 3.92. The largest absolute Gasteiger partial charge is 0.462 e. The minimum Gasteiger partial charge on any atom is -0.462 e. The van der Waals surface area contributed by atoms with Gasteiger partial charge in [-0.3, -0.25) is 9.59 Å². The Balaban J connectivity index is 2.20. The highest BCUT2D eigenvalue weighted by Crippen LogP contribution is 2.30. The third kappa shape index (κ3) is 3.51. The highest BCUT2D eigenvalue weighted by atomic mass is 16.5. The first-order valence-electron chi connectivity index (χ1n) is 10.5. The van der Waals surface area contributed by atoms with Gasteiger partial charge in [0.2, 0.25) is 0 Å². The van der Waals surface area contributed by atoms with Gasteiger partial charge in [0.05, 0.1) is 17.5 Å². The van der Waals surface area contributed by atoms with Crippen LogP contribution in [0.5, 0.6) is 0 Å². The molecule has 2 heterocycles. The first-order valence-corrected chi connectivity index (χ1v) is 10.5. The van der Waals surface area contributed by atoms with Crippen molar-refractivity contribution in [3.8, 4) is 17.2 Å². The number of nitrogens with zero attached hydrogens (tertiary/aromatic N) is 4. The number of nitrogen functional groups attached to an aromatic ring is 1. The number of carbonyl (C=O) groups excluding carboxylic acids is 1. The molecule has 0 aliphatic heterocycles. The predicted molar refractivity (Wildman–Crippen MR) is 127 cm³/mol. The van der Waals surface area contributed by atoms with Crippen LogP contribution in [0.1, 0.15) is 34.2 Å². The van der Waals surface area contributed by atoms with Gasteiger partial charge in [-0.25, -0.2) is 9.78 Å². The third-order valence-corrected chi connectivity index (χ3v) is 5.41. The SMILES string of the molecule is CCOC(=O)c1c(-c2ccccc2)c(C#N)c(=O)n(-n2c(C)nc3ccc(C)cc3c2=O)c1N. The van der Waals surface area contributed by atoms with Crippen LogP contribution < -0.4 is 16.9 Å². The molecule has 0 saturated carbocycles. The number of anilines is 1. The van der Waals surface area contributed by atoms with E-state index >= 15 is 0 Å². The zero-order valence-electron chi connectivity index (χ0n) is 18.8. The van der Waals surface area contributed by atoms with E-state index in [2.05, 4.69) is 4.98 Å². The van der Waals surface area contributed by atoms with E-state index in [-0.39, 0.29) is 40.3 Å². The fourth-order valence-electron chi connectivity index (χ4n) is 3.92. The molecule has 0 spiro atoms. The summed E-state index contributed by atoms with van der Waals surface area (Å²) in [5.74, 6) is -0.999. The molecule has 0 fully saturated rings. The van der Waals surface area contributed by atoms with Crippen molar-refractivity contribution < 1.29 is 9.53 Å². The monoisotopic (exact) mass is 455 g/mol. The zero-order chi connectivity index (χ0) is 24.6. The average Bonchev–Trinajstić information content (AvgIpc) is 2.82. The number of aryl methyl sites for hydroxylation is 2. The van der Waals surface area contributed by atoms with Gasteiger partial charge in [0.1, 0.15) is 28.8 Å². The number of esters is 1. The first kappa shape index (κ1) is 22.5. The number of carbonyl (C=O) groups is 1. The van der Waals surface area contributed by atoms with Crippen LogP contribution in [-0.4, -0.2) is 26.9 Å². The molecule has 2 aromatic heterocycles. The number of rotatable bonds is 4. The molecule has 0 aliphatic carbocycles. The summed E-state index contributed by atoms with van der Waals surface area (Å²) >= 11 is 0. The van der Waals surface area contributed by atoms with E-state index < -0.39 is 17.1 Å². The zero-order valence-corrected chi connectivity index (χ0v) is 18.8. The van der Waals surface area contributed by atoms with Crippen molar-refractivity contribution in [2.24, 2.45) is 0 Å². The quantitative estimate of drug-likeness (QED) is 0.468. The molecule has 9 nitrogen and oxygen atoms in total. The van der Waals surface area contributed by atoms with Crippen LogP contribution in [-0.2, 0) is 4.74 Å². The van der Waals surface area contributed by atoms with Gasteiger partial charge in [0.15, 0.2) is 0 Å². The van der Waals surface area contributed by atoms with Gasteiger partial charge in [-0.05, 0) is 38.5 Å². The predicted octanol–water partition coefficient (Wildman–Crippen LogP) is 2.78. The van der Waals surface area contributed by atoms with Crippen molar-refractivity contribution in [1.82, 2.24) is 14.3 Å². The maximum atomic E-state index is 13.6. The lowest BCUT2D eigenvalue weighted by atomic mass is 9.96. The van der Waals surface area contributed by atoms with Gasteiger partial charge >= 0.3 is 5.97 Å². The third-order valence-electron chi connectivity index (χ3n) is 5.41. The summed E-state index contributed by atoms with van der Waals surface area (Å²) in [5, 5.41) is 10.2. The summed E-state index contributed by atoms with van der Waals surface area (Å²) in [7, 11) is 0. The molecule has 0 unspecified atom stereocenters. The van der Waals surface area contributed by atoms with Crippen LogP contribution in [0.15, 0.2) is 58.1 Å². The Morgan fingerprint density at radius 2 is 1.79 bits per heavy atom. The van der Waals surface area contributed by atoms with E-state index in [1.165, 1.54) is 6.92 Å². The topological polar surface area (TPSA) is 133 Å². The fraction of sp³-hybridized carbons (Fsp3) is 0.160. The van der Waals surface area contributed by atoms with Gasteiger partial charge in [-0.2, -0.15) is 14.6 Å². The maximum absolute atomic E-state index is 13.6. The number of nitrogens with two attached hydrogens (primary N) is 1. The van der Waals surface area contributed by atoms with Crippen molar-refractivity contribution in [3.05, 3.63) is 91.8 Å². The Morgan fingerprint density at radius 1 is 1.09 bits per heavy atom.